The molecule has 2 atom stereocenters. The van der Waals surface area contributed by atoms with E-state index in [-0.39, 0.29) is 30.4 Å². The number of amides is 1. The third-order valence-electron chi connectivity index (χ3n) is 8.76. The first kappa shape index (κ1) is 48.3. The van der Waals surface area contributed by atoms with Crippen LogP contribution in [0.2, 0.25) is 0 Å². The molecule has 2 heterocycles. The molecule has 57 heavy (non-hydrogen) atoms. The van der Waals surface area contributed by atoms with E-state index in [1.807, 2.05) is 0 Å². The van der Waals surface area contributed by atoms with Gasteiger partial charge in [0.1, 0.15) is 18.7 Å². The zero-order valence-electron chi connectivity index (χ0n) is 34.7. The van der Waals surface area contributed by atoms with E-state index >= 15 is 0 Å². The van der Waals surface area contributed by atoms with Gasteiger partial charge >= 0.3 is 11.7 Å². The second-order valence-corrected chi connectivity index (χ2v) is 13.7. The summed E-state index contributed by atoms with van der Waals surface area (Å²) in [5, 5.41) is 2.72. The lowest BCUT2D eigenvalue weighted by molar-refractivity contribution is -0.148. The van der Waals surface area contributed by atoms with E-state index in [4.69, 9.17) is 9.47 Å². The molecule has 1 saturated heterocycles. The summed E-state index contributed by atoms with van der Waals surface area (Å²) in [6.07, 6.45) is 58.9. The molecule has 1 N–H and O–H groups in total. The smallest absolute Gasteiger partial charge is 0.351 e. The highest BCUT2D eigenvalue weighted by Gasteiger charge is 2.28. The minimum absolute atomic E-state index is 0.160. The minimum Gasteiger partial charge on any atom is -0.463 e. The van der Waals surface area contributed by atoms with Crippen molar-refractivity contribution in [1.29, 1.82) is 0 Å². The summed E-state index contributed by atoms with van der Waals surface area (Å²) >= 11 is 0. The topological polar surface area (TPSA) is 99.5 Å². The standard InChI is InChI=1S/C49H69N3O5/c1-3-5-7-9-11-13-15-17-19-21-23-25-27-29-31-33-35-37-46(53)50-45-41-42-52(49(55)51-45)47-40-39-44(57-47)43-56-48(54)38-36-34-32-30-28-26-24-22-20-18-16-14-12-10-8-6-4-2/h5-8,11-14,17-20,23-26,29-32,41-42,44,47H,3-4,9-10,15-16,21-22,27-28,33-40,43H2,1-2H3,(H,50,51,53,55)/t44-,47?/m0/s1. The lowest BCUT2D eigenvalue weighted by atomic mass is 10.2. The molecule has 1 unspecified atom stereocenters. The first-order valence-electron chi connectivity index (χ1n) is 21.2. The van der Waals surface area contributed by atoms with Crippen molar-refractivity contribution in [3.8, 4) is 0 Å². The number of unbranched alkanes of at least 4 members (excludes halogenated alkanes) is 2. The maximum atomic E-state index is 12.7. The zero-order chi connectivity index (χ0) is 40.9. The highest BCUT2D eigenvalue weighted by atomic mass is 16.6. The van der Waals surface area contributed by atoms with Crippen LogP contribution in [0.4, 0.5) is 5.82 Å². The van der Waals surface area contributed by atoms with E-state index in [1.54, 1.807) is 12.3 Å². The van der Waals surface area contributed by atoms with Crippen molar-refractivity contribution >= 4 is 17.7 Å². The molecule has 8 nitrogen and oxygen atoms in total. The van der Waals surface area contributed by atoms with E-state index in [2.05, 4.69) is 146 Å². The number of anilines is 1. The molecule has 0 aliphatic carbocycles. The second kappa shape index (κ2) is 34.4. The lowest BCUT2D eigenvalue weighted by Crippen LogP contribution is -2.29. The van der Waals surface area contributed by atoms with Gasteiger partial charge in [0.2, 0.25) is 5.91 Å². The first-order valence-corrected chi connectivity index (χ1v) is 21.2. The summed E-state index contributed by atoms with van der Waals surface area (Å²) in [6, 6.07) is 1.61. The SMILES string of the molecule is CCC=CCC=CCC=CCC=CCC=CCCCC(=O)Nc1ccn(C2CC[C@@H](COC(=O)CCCC=CCC=CCC=CCC=CCC=CCC)O2)c(=O)n1. The third kappa shape index (κ3) is 26.6. The maximum absolute atomic E-state index is 12.7. The van der Waals surface area contributed by atoms with Crippen LogP contribution in [0.15, 0.2) is 139 Å². The molecule has 1 aliphatic rings. The average molecular weight is 780 g/mol. The van der Waals surface area contributed by atoms with Crippen LogP contribution in [0.1, 0.15) is 136 Å². The van der Waals surface area contributed by atoms with Gasteiger partial charge in [-0.3, -0.25) is 14.2 Å². The number of rotatable bonds is 30. The molecular formula is C49H69N3O5. The van der Waals surface area contributed by atoms with Gasteiger partial charge in [0.05, 0.1) is 6.10 Å². The molecule has 0 spiro atoms. The Morgan fingerprint density at radius 2 is 1.11 bits per heavy atom. The van der Waals surface area contributed by atoms with Crippen LogP contribution in [-0.4, -0.2) is 34.1 Å². The number of aromatic nitrogens is 2. The van der Waals surface area contributed by atoms with Crippen molar-refractivity contribution in [2.24, 2.45) is 0 Å². The fourth-order valence-electron chi connectivity index (χ4n) is 5.66. The summed E-state index contributed by atoms with van der Waals surface area (Å²) in [7, 11) is 0. The molecular weight excluding hydrogens is 711 g/mol. The van der Waals surface area contributed by atoms with Gasteiger partial charge in [-0.2, -0.15) is 4.98 Å². The van der Waals surface area contributed by atoms with E-state index in [1.165, 1.54) is 4.57 Å². The Labute approximate surface area is 343 Å². The first-order chi connectivity index (χ1) is 28.0. The predicted molar refractivity (Wildman–Crippen MR) is 238 cm³/mol. The van der Waals surface area contributed by atoms with Crippen molar-refractivity contribution in [2.45, 2.75) is 142 Å². The van der Waals surface area contributed by atoms with Crippen molar-refractivity contribution in [3.63, 3.8) is 0 Å². The van der Waals surface area contributed by atoms with Gasteiger partial charge < -0.3 is 14.8 Å². The molecule has 310 valence electrons. The van der Waals surface area contributed by atoms with Gasteiger partial charge in [0.15, 0.2) is 0 Å². The van der Waals surface area contributed by atoms with Crippen LogP contribution in [0, 0.1) is 0 Å². The summed E-state index contributed by atoms with van der Waals surface area (Å²) < 4.78 is 12.9. The molecule has 1 fully saturated rings. The van der Waals surface area contributed by atoms with Crippen molar-refractivity contribution in [1.82, 2.24) is 9.55 Å². The van der Waals surface area contributed by atoms with Gasteiger partial charge in [-0.15, -0.1) is 0 Å². The van der Waals surface area contributed by atoms with Gasteiger partial charge in [-0.1, -0.05) is 135 Å². The molecule has 0 saturated carbocycles. The highest BCUT2D eigenvalue weighted by Crippen LogP contribution is 2.27. The minimum atomic E-state index is -0.496. The molecule has 0 aromatic carbocycles. The monoisotopic (exact) mass is 780 g/mol. The van der Waals surface area contributed by atoms with Gasteiger partial charge in [0, 0.05) is 19.0 Å². The Balaban J connectivity index is 1.52. The number of ether oxygens (including phenoxy) is 2. The second-order valence-electron chi connectivity index (χ2n) is 13.7. The molecule has 8 heteroatoms. The molecule has 1 aromatic rings. The van der Waals surface area contributed by atoms with Crippen LogP contribution < -0.4 is 11.0 Å². The fourth-order valence-corrected chi connectivity index (χ4v) is 5.66. The predicted octanol–water partition coefficient (Wildman–Crippen LogP) is 12.2. The third-order valence-corrected chi connectivity index (χ3v) is 8.76. The largest absolute Gasteiger partial charge is 0.463 e. The number of nitrogens with zero attached hydrogens (tertiary/aromatic N) is 2. The van der Waals surface area contributed by atoms with Crippen LogP contribution in [-0.2, 0) is 19.1 Å². The summed E-state index contributed by atoms with van der Waals surface area (Å²) in [4.78, 5) is 41.5. The van der Waals surface area contributed by atoms with E-state index < -0.39 is 11.9 Å². The Hall–Kier alpha value is -4.82. The van der Waals surface area contributed by atoms with Crippen LogP contribution >= 0.6 is 0 Å². The molecule has 1 aromatic heterocycles. The summed E-state index contributed by atoms with van der Waals surface area (Å²) in [5.74, 6) is -0.195. The zero-order valence-corrected chi connectivity index (χ0v) is 34.7. The Kier molecular flexibility index (Phi) is 29.2. The van der Waals surface area contributed by atoms with Crippen molar-refractivity contribution < 1.29 is 19.1 Å². The Morgan fingerprint density at radius 3 is 1.56 bits per heavy atom. The molecule has 0 bridgehead atoms. The van der Waals surface area contributed by atoms with E-state index in [9.17, 15) is 14.4 Å². The quantitative estimate of drug-likeness (QED) is 0.0474. The highest BCUT2D eigenvalue weighted by molar-refractivity contribution is 5.89. The number of esters is 1. The molecule has 2 rings (SSSR count). The van der Waals surface area contributed by atoms with Gasteiger partial charge in [0.25, 0.3) is 0 Å². The molecule has 1 amide bonds. The molecule has 1 aliphatic heterocycles. The summed E-state index contributed by atoms with van der Waals surface area (Å²) in [6.45, 7) is 4.45. The lowest BCUT2D eigenvalue weighted by Gasteiger charge is -2.16. The number of allylic oxidation sites excluding steroid dienone is 20. The van der Waals surface area contributed by atoms with Crippen molar-refractivity contribution in [2.75, 3.05) is 11.9 Å². The van der Waals surface area contributed by atoms with E-state index in [0.29, 0.717) is 32.1 Å². The van der Waals surface area contributed by atoms with Gasteiger partial charge in [-0.25, -0.2) is 4.79 Å². The Bertz CT molecular complexity index is 1600. The van der Waals surface area contributed by atoms with E-state index in [0.717, 1.165) is 83.5 Å². The van der Waals surface area contributed by atoms with Crippen LogP contribution in [0.25, 0.3) is 0 Å². The number of carbonyl (C=O) groups excluding carboxylic acids is 2. The number of hydrogen-bond acceptors (Lipinski definition) is 6. The van der Waals surface area contributed by atoms with Crippen molar-refractivity contribution in [3.05, 3.63) is 144 Å². The number of nitrogens with one attached hydrogen (secondary N) is 1. The normalized spacial score (nSPS) is 16.7. The molecule has 0 radical (unpaired) electrons. The Morgan fingerprint density at radius 1 is 0.667 bits per heavy atom. The van der Waals surface area contributed by atoms with Crippen LogP contribution in [0.3, 0.4) is 0 Å². The maximum Gasteiger partial charge on any atom is 0.351 e. The summed E-state index contributed by atoms with van der Waals surface area (Å²) in [5.41, 5.74) is -0.496. The number of hydrogen-bond donors (Lipinski definition) is 1. The fraction of sp³-hybridized carbons (Fsp3) is 0.469. The number of carbonyl (C=O) groups is 2. The average Bonchev–Trinajstić information content (AvgIpc) is 3.68. The van der Waals surface area contributed by atoms with Crippen LogP contribution in [0.5, 0.6) is 0 Å². The van der Waals surface area contributed by atoms with Gasteiger partial charge in [-0.05, 0) is 109 Å².